The fourth-order valence-corrected chi connectivity index (χ4v) is 4.59. The van der Waals surface area contributed by atoms with Crippen LogP contribution in [0.1, 0.15) is 28.4 Å². The number of carbonyl (C=O) groups excluding carboxylic acids is 2. The van der Waals surface area contributed by atoms with E-state index in [1.807, 2.05) is 0 Å². The number of hydrogen-bond acceptors (Lipinski definition) is 6. The first-order valence-electron chi connectivity index (χ1n) is 11.7. The zero-order valence-electron chi connectivity index (χ0n) is 20.2. The fourth-order valence-electron chi connectivity index (χ4n) is 4.38. The highest BCUT2D eigenvalue weighted by Crippen LogP contribution is 2.33. The number of nitrogens with zero attached hydrogens (tertiary/aromatic N) is 4. The number of nitrogens with one attached hydrogen (secondary N) is 1. The van der Waals surface area contributed by atoms with Gasteiger partial charge in [0.25, 0.3) is 5.91 Å². The van der Waals surface area contributed by atoms with E-state index in [9.17, 15) is 37.1 Å². The minimum absolute atomic E-state index is 0.00171. The molecule has 2 atom stereocenters. The molecule has 0 saturated carbocycles. The van der Waals surface area contributed by atoms with Gasteiger partial charge in [-0.05, 0) is 42.0 Å². The van der Waals surface area contributed by atoms with Gasteiger partial charge < -0.3 is 10.4 Å². The molecule has 4 heterocycles. The molecule has 1 aromatic carbocycles. The first kappa shape index (κ1) is 27.2. The predicted molar refractivity (Wildman–Crippen MR) is 136 cm³/mol. The maximum absolute atomic E-state index is 13.9. The molecule has 0 aliphatic carbocycles. The van der Waals surface area contributed by atoms with Crippen molar-refractivity contribution < 1.29 is 32.3 Å². The highest BCUT2D eigenvalue weighted by Gasteiger charge is 2.42. The van der Waals surface area contributed by atoms with Crippen LogP contribution < -0.4 is 15.6 Å². The lowest BCUT2D eigenvalue weighted by molar-refractivity contribution is -0.155. The van der Waals surface area contributed by atoms with Crippen LogP contribution in [0, 0.1) is 5.82 Å². The summed E-state index contributed by atoms with van der Waals surface area (Å²) in [4.78, 5) is 48.6. The van der Waals surface area contributed by atoms with Gasteiger partial charge in [-0.25, -0.2) is 14.4 Å². The van der Waals surface area contributed by atoms with E-state index < -0.39 is 52.5 Å². The number of pyridine rings is 3. The van der Waals surface area contributed by atoms with E-state index in [1.54, 1.807) is 5.32 Å². The fraction of sp³-hybridized carbons (Fsp3) is 0.192. The number of alkyl halides is 3. The van der Waals surface area contributed by atoms with Crippen molar-refractivity contribution in [3.05, 3.63) is 93.1 Å². The van der Waals surface area contributed by atoms with Crippen LogP contribution in [0.5, 0.6) is 0 Å². The Morgan fingerprint density at radius 3 is 2.58 bits per heavy atom. The molecular formula is C26H18ClF4N5O4. The number of amides is 2. The number of β-amino-alcohol motifs (C(OH)–C–C–N with tert-alkyl or cyclic N) is 1. The van der Waals surface area contributed by atoms with Crippen LogP contribution in [0.3, 0.4) is 0 Å². The Kier molecular flexibility index (Phi) is 7.02. The smallest absolute Gasteiger partial charge is 0.391 e. The molecule has 1 aliphatic rings. The van der Waals surface area contributed by atoms with Gasteiger partial charge in [-0.2, -0.15) is 13.2 Å². The molecule has 9 nitrogen and oxygen atoms in total. The number of halogens is 5. The maximum atomic E-state index is 13.9. The zero-order chi connectivity index (χ0) is 28.8. The SMILES string of the molecule is O=C(NC(c1cccc(F)c1)C(F)(F)F)c1cn(-c2ncccc2Cl)c2nc(N3C[C@@H](O)CC3=O)ccc2c1=O. The second kappa shape index (κ2) is 10.3. The van der Waals surface area contributed by atoms with Crippen molar-refractivity contribution in [2.45, 2.75) is 24.7 Å². The predicted octanol–water partition coefficient (Wildman–Crippen LogP) is 3.70. The summed E-state index contributed by atoms with van der Waals surface area (Å²) in [5.74, 6) is -2.64. The van der Waals surface area contributed by atoms with Gasteiger partial charge in [0.1, 0.15) is 17.2 Å². The van der Waals surface area contributed by atoms with Gasteiger partial charge >= 0.3 is 6.18 Å². The lowest BCUT2D eigenvalue weighted by Crippen LogP contribution is -2.40. The van der Waals surface area contributed by atoms with E-state index in [0.29, 0.717) is 6.07 Å². The summed E-state index contributed by atoms with van der Waals surface area (Å²) in [6.07, 6.45) is -3.75. The third-order valence-corrected chi connectivity index (χ3v) is 6.51. The number of carbonyl (C=O) groups is 2. The van der Waals surface area contributed by atoms with Crippen molar-refractivity contribution >= 4 is 40.3 Å². The molecular weight excluding hydrogens is 558 g/mol. The standard InChI is InChI=1S/C26H18ClF4N5O4/c27-18-5-2-8-32-24(18)36-12-17(25(40)34-22(26(29,30)31)13-3-1-4-14(28)9-13)21(39)16-6-7-19(33-23(16)36)35-11-15(37)10-20(35)38/h1-9,12,15,22,37H,10-11H2,(H,34,40)/t15-,22?/m0/s1. The molecule has 40 heavy (non-hydrogen) atoms. The van der Waals surface area contributed by atoms with Gasteiger partial charge in [-0.15, -0.1) is 0 Å². The van der Waals surface area contributed by atoms with E-state index in [4.69, 9.17) is 11.6 Å². The highest BCUT2D eigenvalue weighted by atomic mass is 35.5. The first-order valence-corrected chi connectivity index (χ1v) is 12.1. The Hall–Kier alpha value is -4.36. The largest absolute Gasteiger partial charge is 0.412 e. The molecule has 4 aromatic rings. The Morgan fingerprint density at radius 1 is 1.15 bits per heavy atom. The van der Waals surface area contributed by atoms with Crippen LogP contribution in [0.25, 0.3) is 16.9 Å². The van der Waals surface area contributed by atoms with Crippen molar-refractivity contribution in [2.75, 3.05) is 11.4 Å². The second-order valence-electron chi connectivity index (χ2n) is 8.96. The third-order valence-electron chi connectivity index (χ3n) is 6.21. The normalized spacial score (nSPS) is 16.4. The second-order valence-corrected chi connectivity index (χ2v) is 9.36. The van der Waals surface area contributed by atoms with E-state index in [1.165, 1.54) is 35.4 Å². The molecule has 3 aromatic heterocycles. The van der Waals surface area contributed by atoms with Crippen molar-refractivity contribution in [3.8, 4) is 5.82 Å². The van der Waals surface area contributed by atoms with Crippen LogP contribution >= 0.6 is 11.6 Å². The minimum Gasteiger partial charge on any atom is -0.391 e. The lowest BCUT2D eigenvalue weighted by atomic mass is 10.1. The van der Waals surface area contributed by atoms with Gasteiger partial charge in [0.15, 0.2) is 17.5 Å². The van der Waals surface area contributed by atoms with Crippen LogP contribution in [0.4, 0.5) is 23.4 Å². The molecule has 206 valence electrons. The summed E-state index contributed by atoms with van der Waals surface area (Å²) >= 11 is 6.31. The number of aliphatic hydroxyl groups excluding tert-OH is 1. The molecule has 1 saturated heterocycles. The summed E-state index contributed by atoms with van der Waals surface area (Å²) < 4.78 is 56.6. The summed E-state index contributed by atoms with van der Waals surface area (Å²) in [6.45, 7) is -0.0364. The van der Waals surface area contributed by atoms with Crippen LogP contribution in [0.15, 0.2) is 65.7 Å². The van der Waals surface area contributed by atoms with Gasteiger partial charge in [-0.3, -0.25) is 23.9 Å². The van der Waals surface area contributed by atoms with Crippen molar-refractivity contribution in [2.24, 2.45) is 0 Å². The van der Waals surface area contributed by atoms with Gasteiger partial charge in [0.05, 0.1) is 29.5 Å². The van der Waals surface area contributed by atoms with E-state index in [2.05, 4.69) is 9.97 Å². The Morgan fingerprint density at radius 2 is 1.93 bits per heavy atom. The highest BCUT2D eigenvalue weighted by molar-refractivity contribution is 6.32. The Bertz CT molecular complexity index is 1710. The van der Waals surface area contributed by atoms with Gasteiger partial charge in [0, 0.05) is 12.4 Å². The quantitative estimate of drug-likeness (QED) is 0.351. The number of rotatable bonds is 5. The first-order chi connectivity index (χ1) is 18.9. The average Bonchev–Trinajstić information content (AvgIpc) is 3.24. The molecule has 2 amide bonds. The topological polar surface area (TPSA) is 117 Å². The van der Waals surface area contributed by atoms with Crippen LogP contribution in [0.2, 0.25) is 5.02 Å². The summed E-state index contributed by atoms with van der Waals surface area (Å²) in [5, 5.41) is 11.5. The molecule has 0 spiro atoms. The number of benzene rings is 1. The van der Waals surface area contributed by atoms with E-state index in [-0.39, 0.29) is 40.7 Å². The van der Waals surface area contributed by atoms with Crippen molar-refractivity contribution in [1.82, 2.24) is 19.9 Å². The average molecular weight is 576 g/mol. The number of aromatic nitrogens is 3. The summed E-state index contributed by atoms with van der Waals surface area (Å²) in [7, 11) is 0. The van der Waals surface area contributed by atoms with Crippen LogP contribution in [-0.4, -0.2) is 50.3 Å². The molecule has 2 N–H and O–H groups in total. The molecule has 1 fully saturated rings. The molecule has 1 aliphatic heterocycles. The third kappa shape index (κ3) is 5.12. The summed E-state index contributed by atoms with van der Waals surface area (Å²) in [6, 6.07) is 6.58. The van der Waals surface area contributed by atoms with E-state index in [0.717, 1.165) is 29.0 Å². The molecule has 0 bridgehead atoms. The number of hydrogen-bond donors (Lipinski definition) is 2. The lowest BCUT2D eigenvalue weighted by Gasteiger charge is -2.22. The summed E-state index contributed by atoms with van der Waals surface area (Å²) in [5.41, 5.74) is -2.31. The van der Waals surface area contributed by atoms with Crippen molar-refractivity contribution in [1.29, 1.82) is 0 Å². The monoisotopic (exact) mass is 575 g/mol. The molecule has 14 heteroatoms. The number of anilines is 1. The van der Waals surface area contributed by atoms with Gasteiger partial charge in [0.2, 0.25) is 11.3 Å². The van der Waals surface area contributed by atoms with Crippen molar-refractivity contribution in [3.63, 3.8) is 0 Å². The molecule has 1 unspecified atom stereocenters. The minimum atomic E-state index is -5.02. The maximum Gasteiger partial charge on any atom is 0.412 e. The van der Waals surface area contributed by atoms with E-state index >= 15 is 0 Å². The van der Waals surface area contributed by atoms with Gasteiger partial charge in [-0.1, -0.05) is 23.7 Å². The molecule has 0 radical (unpaired) electrons. The van der Waals surface area contributed by atoms with Crippen LogP contribution in [-0.2, 0) is 4.79 Å². The Balaban J connectivity index is 1.66. The Labute approximate surface area is 227 Å². The zero-order valence-corrected chi connectivity index (χ0v) is 20.9. The molecule has 5 rings (SSSR count). The number of aliphatic hydroxyl groups is 1. The number of fused-ring (bicyclic) bond motifs is 1.